The monoisotopic (exact) mass is 464 g/mol. The van der Waals surface area contributed by atoms with Gasteiger partial charge in [0, 0.05) is 28.4 Å². The van der Waals surface area contributed by atoms with Gasteiger partial charge in [0.15, 0.2) is 0 Å². The van der Waals surface area contributed by atoms with Gasteiger partial charge in [-0.25, -0.2) is 0 Å². The third kappa shape index (κ3) is 7.65. The predicted molar refractivity (Wildman–Crippen MR) is 134 cm³/mol. The number of benzene rings is 3. The second-order valence-corrected chi connectivity index (χ2v) is 9.25. The van der Waals surface area contributed by atoms with Crippen molar-refractivity contribution in [1.29, 1.82) is 0 Å². The molecular weight excluding hydrogens is 436 g/mol. The highest BCUT2D eigenvalue weighted by Gasteiger charge is 2.14. The minimum atomic E-state index is -0.196. The van der Waals surface area contributed by atoms with Gasteiger partial charge < -0.3 is 15.4 Å². The molecule has 2 N–H and O–H groups in total. The van der Waals surface area contributed by atoms with E-state index in [4.69, 9.17) is 16.3 Å². The van der Waals surface area contributed by atoms with Crippen LogP contribution >= 0.6 is 11.6 Å². The van der Waals surface area contributed by atoms with E-state index in [2.05, 4.69) is 31.4 Å². The lowest BCUT2D eigenvalue weighted by molar-refractivity contribution is -0.116. The highest BCUT2D eigenvalue weighted by Crippen LogP contribution is 2.23. The van der Waals surface area contributed by atoms with Crippen molar-refractivity contribution in [3.8, 4) is 5.75 Å². The number of carbonyl (C=O) groups is 2. The molecule has 0 aliphatic rings. The van der Waals surface area contributed by atoms with Crippen LogP contribution in [0.25, 0.3) is 0 Å². The maximum absolute atomic E-state index is 12.6. The third-order valence-electron chi connectivity index (χ3n) is 5.05. The van der Waals surface area contributed by atoms with Gasteiger partial charge in [-0.2, -0.15) is 0 Å². The number of nitrogens with one attached hydrogen (secondary N) is 2. The van der Waals surface area contributed by atoms with E-state index in [0.717, 1.165) is 5.75 Å². The first-order valence-corrected chi connectivity index (χ1v) is 11.3. The van der Waals surface area contributed by atoms with Crippen LogP contribution in [-0.4, -0.2) is 18.4 Å². The zero-order valence-electron chi connectivity index (χ0n) is 19.2. The quantitative estimate of drug-likeness (QED) is 0.365. The molecule has 0 bridgehead atoms. The molecule has 0 aromatic heterocycles. The number of hydrogen-bond donors (Lipinski definition) is 2. The number of amides is 2. The first kappa shape index (κ1) is 24.3. The Kier molecular flexibility index (Phi) is 8.12. The fraction of sp³-hybridized carbons (Fsp3) is 0.259. The topological polar surface area (TPSA) is 67.4 Å². The molecule has 3 rings (SSSR count). The molecule has 0 heterocycles. The van der Waals surface area contributed by atoms with Crippen LogP contribution < -0.4 is 15.4 Å². The van der Waals surface area contributed by atoms with E-state index in [1.54, 1.807) is 48.5 Å². The fourth-order valence-electron chi connectivity index (χ4n) is 3.18. The molecule has 33 heavy (non-hydrogen) atoms. The van der Waals surface area contributed by atoms with E-state index in [1.807, 2.05) is 24.3 Å². The molecule has 0 aliphatic heterocycles. The highest BCUT2D eigenvalue weighted by atomic mass is 35.5. The van der Waals surface area contributed by atoms with Crippen LogP contribution in [0.1, 0.15) is 49.5 Å². The summed E-state index contributed by atoms with van der Waals surface area (Å²) in [6.45, 7) is 6.83. The van der Waals surface area contributed by atoms with E-state index in [1.165, 1.54) is 5.56 Å². The molecule has 5 nitrogen and oxygen atoms in total. The van der Waals surface area contributed by atoms with Gasteiger partial charge in [0.1, 0.15) is 5.75 Å². The molecule has 172 valence electrons. The molecule has 0 saturated heterocycles. The first-order chi connectivity index (χ1) is 15.7. The molecule has 3 aromatic carbocycles. The zero-order valence-corrected chi connectivity index (χ0v) is 19.9. The van der Waals surface area contributed by atoms with Gasteiger partial charge in [-0.05, 0) is 72.0 Å². The van der Waals surface area contributed by atoms with Crippen molar-refractivity contribution >= 4 is 34.8 Å². The van der Waals surface area contributed by atoms with Gasteiger partial charge in [0.2, 0.25) is 5.91 Å². The van der Waals surface area contributed by atoms with Gasteiger partial charge >= 0.3 is 0 Å². The second-order valence-electron chi connectivity index (χ2n) is 8.82. The Balaban J connectivity index is 1.48. The molecule has 0 radical (unpaired) electrons. The van der Waals surface area contributed by atoms with Crippen molar-refractivity contribution in [2.45, 2.75) is 39.0 Å². The fourth-order valence-corrected chi connectivity index (χ4v) is 3.30. The summed E-state index contributed by atoms with van der Waals surface area (Å²) in [5.41, 5.74) is 3.02. The predicted octanol–water partition coefficient (Wildman–Crippen LogP) is 6.69. The summed E-state index contributed by atoms with van der Waals surface area (Å²) in [7, 11) is 0. The van der Waals surface area contributed by atoms with Crippen molar-refractivity contribution in [1.82, 2.24) is 0 Å². The number of hydrogen-bond acceptors (Lipinski definition) is 3. The SMILES string of the molecule is CC(C)(C)c1ccc(C(=O)Nc2cccc(NC(=O)CCCOc3ccc(Cl)cc3)c2)cc1. The molecule has 0 unspecified atom stereocenters. The van der Waals surface area contributed by atoms with E-state index >= 15 is 0 Å². The lowest BCUT2D eigenvalue weighted by Crippen LogP contribution is -2.15. The minimum absolute atomic E-state index is 0.0313. The van der Waals surface area contributed by atoms with E-state index in [-0.39, 0.29) is 17.2 Å². The van der Waals surface area contributed by atoms with Crippen LogP contribution in [0, 0.1) is 0 Å². The van der Waals surface area contributed by atoms with E-state index in [0.29, 0.717) is 41.4 Å². The van der Waals surface area contributed by atoms with Crippen LogP contribution in [0.15, 0.2) is 72.8 Å². The average molecular weight is 465 g/mol. The van der Waals surface area contributed by atoms with Crippen LogP contribution in [0.4, 0.5) is 11.4 Å². The Morgan fingerprint density at radius 3 is 2.15 bits per heavy atom. The zero-order chi connectivity index (χ0) is 23.8. The summed E-state index contributed by atoms with van der Waals surface area (Å²) in [5.74, 6) is 0.408. The molecule has 3 aromatic rings. The molecule has 0 saturated carbocycles. The van der Waals surface area contributed by atoms with Crippen molar-refractivity contribution in [3.63, 3.8) is 0 Å². The number of halogens is 1. The van der Waals surface area contributed by atoms with E-state index in [9.17, 15) is 9.59 Å². The Bertz CT molecular complexity index is 1090. The second kappa shape index (κ2) is 11.0. The number of anilines is 2. The molecule has 2 amide bonds. The summed E-state index contributed by atoms with van der Waals surface area (Å²) in [4.78, 5) is 24.9. The van der Waals surface area contributed by atoms with Crippen LogP contribution in [0.5, 0.6) is 5.75 Å². The van der Waals surface area contributed by atoms with Crippen molar-refractivity contribution in [2.24, 2.45) is 0 Å². The average Bonchev–Trinajstić information content (AvgIpc) is 2.77. The van der Waals surface area contributed by atoms with Crippen LogP contribution in [0.3, 0.4) is 0 Å². The number of ether oxygens (including phenoxy) is 1. The molecule has 0 atom stereocenters. The molecule has 0 fully saturated rings. The van der Waals surface area contributed by atoms with Crippen molar-refractivity contribution in [3.05, 3.63) is 88.9 Å². The maximum Gasteiger partial charge on any atom is 0.255 e. The Hall–Kier alpha value is -3.31. The molecule has 0 spiro atoms. The maximum atomic E-state index is 12.6. The Morgan fingerprint density at radius 2 is 1.52 bits per heavy atom. The minimum Gasteiger partial charge on any atom is -0.494 e. The van der Waals surface area contributed by atoms with Crippen molar-refractivity contribution in [2.75, 3.05) is 17.2 Å². The van der Waals surface area contributed by atoms with E-state index < -0.39 is 0 Å². The molecular formula is C27H29ClN2O3. The Labute approximate surface area is 200 Å². The standard InChI is InChI=1S/C27H29ClN2O3/c1-27(2,3)20-11-9-19(10-12-20)26(32)30-23-7-4-6-22(18-23)29-25(31)8-5-17-33-24-15-13-21(28)14-16-24/h4,6-7,9-16,18H,5,8,17H2,1-3H3,(H,29,31)(H,30,32). The molecule has 6 heteroatoms. The summed E-state index contributed by atoms with van der Waals surface area (Å²) in [5, 5.41) is 6.40. The van der Waals surface area contributed by atoms with Gasteiger partial charge in [-0.1, -0.05) is 50.6 Å². The van der Waals surface area contributed by atoms with Gasteiger partial charge in [-0.15, -0.1) is 0 Å². The van der Waals surface area contributed by atoms with Crippen molar-refractivity contribution < 1.29 is 14.3 Å². The summed E-state index contributed by atoms with van der Waals surface area (Å²) < 4.78 is 5.61. The van der Waals surface area contributed by atoms with Gasteiger partial charge in [0.25, 0.3) is 5.91 Å². The van der Waals surface area contributed by atoms with Gasteiger partial charge in [-0.3, -0.25) is 9.59 Å². The highest BCUT2D eigenvalue weighted by molar-refractivity contribution is 6.30. The first-order valence-electron chi connectivity index (χ1n) is 10.9. The lowest BCUT2D eigenvalue weighted by atomic mass is 9.87. The Morgan fingerprint density at radius 1 is 0.879 bits per heavy atom. The largest absolute Gasteiger partial charge is 0.494 e. The lowest BCUT2D eigenvalue weighted by Gasteiger charge is -2.19. The molecule has 0 aliphatic carbocycles. The van der Waals surface area contributed by atoms with Crippen LogP contribution in [0.2, 0.25) is 5.02 Å². The third-order valence-corrected chi connectivity index (χ3v) is 5.30. The number of carbonyl (C=O) groups excluding carboxylic acids is 2. The summed E-state index contributed by atoms with van der Waals surface area (Å²) >= 11 is 5.85. The smallest absolute Gasteiger partial charge is 0.255 e. The summed E-state index contributed by atoms with van der Waals surface area (Å²) in [6, 6.07) is 21.8. The summed E-state index contributed by atoms with van der Waals surface area (Å²) in [6.07, 6.45) is 0.903. The van der Waals surface area contributed by atoms with Gasteiger partial charge in [0.05, 0.1) is 6.61 Å². The van der Waals surface area contributed by atoms with Crippen LogP contribution in [-0.2, 0) is 10.2 Å². The normalized spacial score (nSPS) is 11.0. The number of rotatable bonds is 8.